The Morgan fingerprint density at radius 1 is 1.23 bits per heavy atom. The SMILES string of the molecule is FC(F)(F)C1=C(C2CC2)C=CC[CH]1. The lowest BCUT2D eigenvalue weighted by molar-refractivity contribution is -0.0909. The Morgan fingerprint density at radius 3 is 2.46 bits per heavy atom. The fraction of sp³-hybridized carbons (Fsp3) is 0.500. The van der Waals surface area contributed by atoms with Crippen molar-refractivity contribution >= 4 is 0 Å². The molecule has 0 aromatic rings. The third kappa shape index (κ3) is 1.79. The quantitative estimate of drug-likeness (QED) is 0.590. The second-order valence-corrected chi connectivity index (χ2v) is 3.48. The van der Waals surface area contributed by atoms with Gasteiger partial charge in [-0.05, 0) is 37.2 Å². The maximum absolute atomic E-state index is 12.5. The van der Waals surface area contributed by atoms with Crippen molar-refractivity contribution in [3.8, 4) is 0 Å². The van der Waals surface area contributed by atoms with Crippen molar-refractivity contribution in [1.82, 2.24) is 0 Å². The van der Waals surface area contributed by atoms with Gasteiger partial charge in [0.2, 0.25) is 0 Å². The molecule has 0 saturated heterocycles. The summed E-state index contributed by atoms with van der Waals surface area (Å²) >= 11 is 0. The molecule has 1 radical (unpaired) electrons. The standard InChI is InChI=1S/C10H10F3/c11-10(12,13)9-4-2-1-3-8(9)7-5-6-7/h1,3-4,7H,2,5-6H2. The summed E-state index contributed by atoms with van der Waals surface area (Å²) < 4.78 is 37.4. The summed E-state index contributed by atoms with van der Waals surface area (Å²) in [6.07, 6.45) is 2.78. The van der Waals surface area contributed by atoms with Crippen LogP contribution in [0.3, 0.4) is 0 Å². The molecule has 0 nitrogen and oxygen atoms in total. The van der Waals surface area contributed by atoms with Crippen LogP contribution in [0.5, 0.6) is 0 Å². The number of alkyl halides is 3. The van der Waals surface area contributed by atoms with Gasteiger partial charge < -0.3 is 0 Å². The van der Waals surface area contributed by atoms with E-state index in [9.17, 15) is 13.2 Å². The first-order chi connectivity index (χ1) is 6.09. The van der Waals surface area contributed by atoms with Crippen LogP contribution in [0.2, 0.25) is 0 Å². The maximum Gasteiger partial charge on any atom is 0.413 e. The highest BCUT2D eigenvalue weighted by Gasteiger charge is 2.39. The van der Waals surface area contributed by atoms with E-state index in [1.54, 1.807) is 12.2 Å². The largest absolute Gasteiger partial charge is 0.413 e. The van der Waals surface area contributed by atoms with Gasteiger partial charge in [0.25, 0.3) is 0 Å². The first-order valence-electron chi connectivity index (χ1n) is 4.40. The second-order valence-electron chi connectivity index (χ2n) is 3.48. The Hall–Kier alpha value is -0.730. The Labute approximate surface area is 75.1 Å². The van der Waals surface area contributed by atoms with Crippen molar-refractivity contribution in [2.45, 2.75) is 25.4 Å². The monoisotopic (exact) mass is 187 g/mol. The van der Waals surface area contributed by atoms with Gasteiger partial charge in [0, 0.05) is 5.57 Å². The molecular formula is C10H10F3. The molecule has 2 aliphatic rings. The van der Waals surface area contributed by atoms with Gasteiger partial charge in [-0.3, -0.25) is 0 Å². The van der Waals surface area contributed by atoms with Gasteiger partial charge in [0.15, 0.2) is 0 Å². The molecular weight excluding hydrogens is 177 g/mol. The molecule has 1 fully saturated rings. The van der Waals surface area contributed by atoms with Crippen LogP contribution in [-0.4, -0.2) is 6.18 Å². The van der Waals surface area contributed by atoms with Crippen LogP contribution in [-0.2, 0) is 0 Å². The van der Waals surface area contributed by atoms with Crippen molar-refractivity contribution in [1.29, 1.82) is 0 Å². The first kappa shape index (κ1) is 8.85. The van der Waals surface area contributed by atoms with Gasteiger partial charge in [0.05, 0.1) is 0 Å². The number of halogens is 3. The number of rotatable bonds is 1. The van der Waals surface area contributed by atoms with Crippen molar-refractivity contribution in [3.63, 3.8) is 0 Å². The van der Waals surface area contributed by atoms with Gasteiger partial charge in [0.1, 0.15) is 0 Å². The summed E-state index contributed by atoms with van der Waals surface area (Å²) in [4.78, 5) is 0. The average molecular weight is 187 g/mol. The van der Waals surface area contributed by atoms with E-state index < -0.39 is 11.7 Å². The topological polar surface area (TPSA) is 0 Å². The molecule has 0 heterocycles. The predicted molar refractivity (Wildman–Crippen MR) is 43.9 cm³/mol. The van der Waals surface area contributed by atoms with Gasteiger partial charge >= 0.3 is 6.18 Å². The van der Waals surface area contributed by atoms with E-state index in [2.05, 4.69) is 0 Å². The summed E-state index contributed by atoms with van der Waals surface area (Å²) in [5.74, 6) is 0.171. The molecule has 0 spiro atoms. The van der Waals surface area contributed by atoms with E-state index in [1.165, 1.54) is 6.42 Å². The molecule has 0 atom stereocenters. The summed E-state index contributed by atoms with van der Waals surface area (Å²) in [6.45, 7) is 0. The molecule has 0 aromatic heterocycles. The number of hydrogen-bond donors (Lipinski definition) is 0. The summed E-state index contributed by atoms with van der Waals surface area (Å²) in [7, 11) is 0. The molecule has 0 unspecified atom stereocenters. The highest BCUT2D eigenvalue weighted by molar-refractivity contribution is 5.41. The molecule has 71 valence electrons. The minimum Gasteiger partial charge on any atom is -0.166 e. The van der Waals surface area contributed by atoms with E-state index in [-0.39, 0.29) is 5.92 Å². The molecule has 0 N–H and O–H groups in total. The van der Waals surface area contributed by atoms with Gasteiger partial charge in [-0.25, -0.2) is 0 Å². The molecule has 0 aromatic carbocycles. The molecule has 0 amide bonds. The summed E-state index contributed by atoms with van der Waals surface area (Å²) in [6, 6.07) is 0. The van der Waals surface area contributed by atoms with Crippen LogP contribution in [0.4, 0.5) is 13.2 Å². The lowest BCUT2D eigenvalue weighted by Gasteiger charge is -2.17. The molecule has 2 aliphatic carbocycles. The second kappa shape index (κ2) is 2.89. The zero-order valence-electron chi connectivity index (χ0n) is 7.06. The van der Waals surface area contributed by atoms with Crippen molar-refractivity contribution in [2.75, 3.05) is 0 Å². The summed E-state index contributed by atoms with van der Waals surface area (Å²) in [5.41, 5.74) is 0.0938. The Morgan fingerprint density at radius 2 is 1.92 bits per heavy atom. The van der Waals surface area contributed by atoms with Crippen LogP contribution < -0.4 is 0 Å². The fourth-order valence-corrected chi connectivity index (χ4v) is 1.62. The smallest absolute Gasteiger partial charge is 0.166 e. The van der Waals surface area contributed by atoms with Crippen molar-refractivity contribution in [2.24, 2.45) is 5.92 Å². The van der Waals surface area contributed by atoms with Gasteiger partial charge in [-0.2, -0.15) is 13.2 Å². The van der Waals surface area contributed by atoms with Crippen molar-refractivity contribution < 1.29 is 13.2 Å². The molecule has 2 rings (SSSR count). The van der Waals surface area contributed by atoms with Gasteiger partial charge in [-0.15, -0.1) is 0 Å². The van der Waals surface area contributed by atoms with E-state index in [0.717, 1.165) is 12.8 Å². The zero-order chi connectivity index (χ0) is 9.47. The van der Waals surface area contributed by atoms with Crippen LogP contribution in [0.1, 0.15) is 19.3 Å². The predicted octanol–water partition coefficient (Wildman–Crippen LogP) is 3.42. The molecule has 0 bridgehead atoms. The number of allylic oxidation sites excluding steroid dienone is 4. The highest BCUT2D eigenvalue weighted by Crippen LogP contribution is 2.44. The minimum absolute atomic E-state index is 0.171. The van der Waals surface area contributed by atoms with E-state index >= 15 is 0 Å². The first-order valence-corrected chi connectivity index (χ1v) is 4.40. The molecule has 3 heteroatoms. The molecule has 1 saturated carbocycles. The highest BCUT2D eigenvalue weighted by atomic mass is 19.4. The van der Waals surface area contributed by atoms with E-state index in [1.807, 2.05) is 0 Å². The summed E-state index contributed by atoms with van der Waals surface area (Å²) in [5, 5.41) is 0. The minimum atomic E-state index is -4.16. The third-order valence-electron chi connectivity index (χ3n) is 2.39. The normalized spacial score (nSPS) is 23.9. The zero-order valence-corrected chi connectivity index (χ0v) is 7.06. The molecule has 13 heavy (non-hydrogen) atoms. The molecule has 0 aliphatic heterocycles. The van der Waals surface area contributed by atoms with E-state index in [4.69, 9.17) is 0 Å². The lowest BCUT2D eigenvalue weighted by Crippen LogP contribution is -2.16. The van der Waals surface area contributed by atoms with Crippen LogP contribution in [0.25, 0.3) is 0 Å². The Kier molecular flexibility index (Phi) is 1.97. The van der Waals surface area contributed by atoms with Crippen molar-refractivity contribution in [3.05, 3.63) is 29.7 Å². The fourth-order valence-electron chi connectivity index (χ4n) is 1.62. The Bertz CT molecular complexity index is 266. The average Bonchev–Trinajstić information content (AvgIpc) is 2.85. The maximum atomic E-state index is 12.5. The van der Waals surface area contributed by atoms with E-state index in [0.29, 0.717) is 12.0 Å². The van der Waals surface area contributed by atoms with Crippen LogP contribution >= 0.6 is 0 Å². The number of hydrogen-bond acceptors (Lipinski definition) is 0. The van der Waals surface area contributed by atoms with Gasteiger partial charge in [-0.1, -0.05) is 12.2 Å². The Balaban J connectivity index is 2.32. The third-order valence-corrected chi connectivity index (χ3v) is 2.39. The van der Waals surface area contributed by atoms with Crippen LogP contribution in [0, 0.1) is 12.3 Å². The van der Waals surface area contributed by atoms with Crippen LogP contribution in [0.15, 0.2) is 23.3 Å². The lowest BCUT2D eigenvalue weighted by atomic mass is 9.94.